The summed E-state index contributed by atoms with van der Waals surface area (Å²) >= 11 is 2.59. The van der Waals surface area contributed by atoms with Crippen LogP contribution in [-0.4, -0.2) is 41.1 Å². The quantitative estimate of drug-likeness (QED) is 0.439. The molecule has 0 aliphatic carbocycles. The maximum absolute atomic E-state index is 12.2. The number of hydrogen-bond acceptors (Lipinski definition) is 9. The summed E-state index contributed by atoms with van der Waals surface area (Å²) in [6, 6.07) is 13.0. The van der Waals surface area contributed by atoms with Crippen molar-refractivity contribution in [3.8, 4) is 23.0 Å². The molecule has 0 spiro atoms. The second kappa shape index (κ2) is 8.50. The Morgan fingerprint density at radius 1 is 1.14 bits per heavy atom. The first-order valence-electron chi connectivity index (χ1n) is 8.50. The molecular weight excluding hydrogens is 412 g/mol. The average Bonchev–Trinajstić information content (AvgIpc) is 3.38. The highest BCUT2D eigenvalue weighted by Gasteiger charge is 2.14. The van der Waals surface area contributed by atoms with E-state index in [0.29, 0.717) is 33.3 Å². The Labute approximate surface area is 174 Å². The third-order valence-corrected chi connectivity index (χ3v) is 5.67. The molecule has 0 bridgehead atoms. The summed E-state index contributed by atoms with van der Waals surface area (Å²) in [4.78, 5) is 16.6. The number of fused-ring (bicyclic) bond motifs is 1. The number of thioether (sulfide) groups is 1. The van der Waals surface area contributed by atoms with E-state index in [0.717, 1.165) is 22.0 Å². The van der Waals surface area contributed by atoms with Crippen molar-refractivity contribution in [3.63, 3.8) is 0 Å². The maximum atomic E-state index is 12.2. The van der Waals surface area contributed by atoms with Crippen LogP contribution in [0.5, 0.6) is 11.5 Å². The number of carbonyl (C=O) groups excluding carboxylic acids is 1. The molecule has 2 aromatic heterocycles. The molecule has 29 heavy (non-hydrogen) atoms. The number of amides is 1. The maximum Gasteiger partial charge on any atom is 0.277 e. The molecule has 2 aromatic carbocycles. The Morgan fingerprint density at radius 2 is 1.97 bits per heavy atom. The van der Waals surface area contributed by atoms with Crippen molar-refractivity contribution in [2.24, 2.45) is 0 Å². The highest BCUT2D eigenvalue weighted by molar-refractivity contribution is 7.99. The van der Waals surface area contributed by atoms with E-state index in [9.17, 15) is 4.79 Å². The molecule has 10 heteroatoms. The molecular formula is C19H16N4O4S2. The van der Waals surface area contributed by atoms with Crippen molar-refractivity contribution in [2.75, 3.05) is 25.3 Å². The molecule has 148 valence electrons. The lowest BCUT2D eigenvalue weighted by atomic mass is 10.2. The molecule has 4 aromatic rings. The van der Waals surface area contributed by atoms with Crippen molar-refractivity contribution in [2.45, 2.75) is 5.22 Å². The average molecular weight is 428 g/mol. The summed E-state index contributed by atoms with van der Waals surface area (Å²) in [5.41, 5.74) is 1.55. The van der Waals surface area contributed by atoms with Crippen molar-refractivity contribution < 1.29 is 18.7 Å². The molecule has 0 unspecified atom stereocenters. The zero-order chi connectivity index (χ0) is 20.2. The van der Waals surface area contributed by atoms with Gasteiger partial charge in [-0.3, -0.25) is 4.79 Å². The number of para-hydroxylation sites is 1. The zero-order valence-electron chi connectivity index (χ0n) is 15.5. The minimum absolute atomic E-state index is 0.128. The molecule has 0 saturated carbocycles. The number of thiazole rings is 1. The van der Waals surface area contributed by atoms with E-state index in [-0.39, 0.29) is 11.7 Å². The predicted octanol–water partition coefficient (Wildman–Crippen LogP) is 4.09. The minimum atomic E-state index is -0.195. The lowest BCUT2D eigenvalue weighted by Gasteiger charge is -2.07. The smallest absolute Gasteiger partial charge is 0.277 e. The number of carbonyl (C=O) groups is 1. The normalized spacial score (nSPS) is 10.8. The van der Waals surface area contributed by atoms with Crippen LogP contribution < -0.4 is 14.8 Å². The van der Waals surface area contributed by atoms with E-state index in [1.807, 2.05) is 24.3 Å². The molecule has 2 heterocycles. The van der Waals surface area contributed by atoms with E-state index in [2.05, 4.69) is 20.5 Å². The van der Waals surface area contributed by atoms with Crippen LogP contribution in [-0.2, 0) is 4.79 Å². The van der Waals surface area contributed by atoms with E-state index >= 15 is 0 Å². The molecule has 4 rings (SSSR count). The van der Waals surface area contributed by atoms with Gasteiger partial charge in [0.25, 0.3) is 5.22 Å². The Bertz CT molecular complexity index is 1130. The van der Waals surface area contributed by atoms with Crippen LogP contribution in [0.4, 0.5) is 5.13 Å². The van der Waals surface area contributed by atoms with Gasteiger partial charge < -0.3 is 19.2 Å². The van der Waals surface area contributed by atoms with Crippen LogP contribution in [0.1, 0.15) is 0 Å². The van der Waals surface area contributed by atoms with Crippen molar-refractivity contribution in [3.05, 3.63) is 42.5 Å². The summed E-state index contributed by atoms with van der Waals surface area (Å²) in [6.45, 7) is 0. The fraction of sp³-hybridized carbons (Fsp3) is 0.158. The van der Waals surface area contributed by atoms with E-state index in [1.54, 1.807) is 32.4 Å². The molecule has 1 amide bonds. The van der Waals surface area contributed by atoms with Gasteiger partial charge in [0.05, 0.1) is 30.2 Å². The first kappa shape index (κ1) is 19.2. The van der Waals surface area contributed by atoms with Crippen LogP contribution >= 0.6 is 23.1 Å². The van der Waals surface area contributed by atoms with Gasteiger partial charge in [0.1, 0.15) is 0 Å². The van der Waals surface area contributed by atoms with Gasteiger partial charge in [-0.25, -0.2) is 4.98 Å². The summed E-state index contributed by atoms with van der Waals surface area (Å²) < 4.78 is 17.2. The summed E-state index contributed by atoms with van der Waals surface area (Å²) in [6.07, 6.45) is 0. The Morgan fingerprint density at radius 3 is 2.76 bits per heavy atom. The van der Waals surface area contributed by atoms with Gasteiger partial charge in [0, 0.05) is 5.56 Å². The fourth-order valence-corrected chi connectivity index (χ4v) is 4.01. The van der Waals surface area contributed by atoms with Crippen LogP contribution in [0, 0.1) is 0 Å². The number of aromatic nitrogens is 3. The number of methoxy groups -OCH3 is 2. The second-order valence-corrected chi connectivity index (χ2v) is 7.72. The van der Waals surface area contributed by atoms with E-state index < -0.39 is 0 Å². The van der Waals surface area contributed by atoms with Gasteiger partial charge in [-0.15, -0.1) is 10.2 Å². The number of rotatable bonds is 7. The number of nitrogens with zero attached hydrogens (tertiary/aromatic N) is 3. The Hall–Kier alpha value is -3.11. The lowest BCUT2D eigenvalue weighted by molar-refractivity contribution is -0.113. The molecule has 0 atom stereocenters. The van der Waals surface area contributed by atoms with Crippen molar-refractivity contribution >= 4 is 44.4 Å². The Kier molecular flexibility index (Phi) is 5.63. The Balaban J connectivity index is 1.38. The third-order valence-electron chi connectivity index (χ3n) is 3.90. The largest absolute Gasteiger partial charge is 0.493 e. The molecule has 0 aliphatic heterocycles. The molecule has 1 N–H and O–H groups in total. The summed E-state index contributed by atoms with van der Waals surface area (Å²) in [5.74, 6) is 1.44. The summed E-state index contributed by atoms with van der Waals surface area (Å²) in [7, 11) is 3.12. The molecule has 0 radical (unpaired) electrons. The van der Waals surface area contributed by atoms with E-state index in [4.69, 9.17) is 13.9 Å². The number of benzene rings is 2. The van der Waals surface area contributed by atoms with Gasteiger partial charge in [-0.05, 0) is 30.3 Å². The lowest BCUT2D eigenvalue weighted by Crippen LogP contribution is -2.13. The van der Waals surface area contributed by atoms with Crippen molar-refractivity contribution in [1.29, 1.82) is 0 Å². The zero-order valence-corrected chi connectivity index (χ0v) is 17.2. The van der Waals surface area contributed by atoms with Gasteiger partial charge >= 0.3 is 0 Å². The van der Waals surface area contributed by atoms with E-state index in [1.165, 1.54) is 11.3 Å². The number of anilines is 1. The molecule has 8 nitrogen and oxygen atoms in total. The van der Waals surface area contributed by atoms with Crippen LogP contribution in [0.3, 0.4) is 0 Å². The van der Waals surface area contributed by atoms with Crippen LogP contribution in [0.25, 0.3) is 21.7 Å². The summed E-state index contributed by atoms with van der Waals surface area (Å²) in [5, 5.41) is 11.7. The van der Waals surface area contributed by atoms with Gasteiger partial charge in [0.2, 0.25) is 11.8 Å². The topological polar surface area (TPSA) is 99.4 Å². The standard InChI is InChI=1S/C19H16N4O4S2/c1-25-13-8-7-11(9-14(13)26-2)17-22-23-19(27-17)28-10-16(24)21-18-20-12-5-3-4-6-15(12)29-18/h3-9H,10H2,1-2H3,(H,20,21,24). The van der Waals surface area contributed by atoms with Crippen molar-refractivity contribution in [1.82, 2.24) is 15.2 Å². The molecule has 0 aliphatic rings. The van der Waals surface area contributed by atoms with Gasteiger partial charge in [-0.1, -0.05) is 35.2 Å². The molecule has 0 fully saturated rings. The number of nitrogens with one attached hydrogen (secondary N) is 1. The number of ether oxygens (including phenoxy) is 2. The highest BCUT2D eigenvalue weighted by Crippen LogP contribution is 2.32. The van der Waals surface area contributed by atoms with Crippen LogP contribution in [0.15, 0.2) is 52.1 Å². The monoisotopic (exact) mass is 428 g/mol. The molecule has 0 saturated heterocycles. The first-order chi connectivity index (χ1) is 14.2. The van der Waals surface area contributed by atoms with Gasteiger partial charge in [0.15, 0.2) is 16.6 Å². The van der Waals surface area contributed by atoms with Crippen LogP contribution in [0.2, 0.25) is 0 Å². The second-order valence-electron chi connectivity index (χ2n) is 5.77. The first-order valence-corrected chi connectivity index (χ1v) is 10.3. The highest BCUT2D eigenvalue weighted by atomic mass is 32.2. The third kappa shape index (κ3) is 4.33. The minimum Gasteiger partial charge on any atom is -0.493 e. The fourth-order valence-electron chi connectivity index (χ4n) is 2.56. The number of hydrogen-bond donors (Lipinski definition) is 1. The van der Waals surface area contributed by atoms with Gasteiger partial charge in [-0.2, -0.15) is 0 Å². The predicted molar refractivity (Wildman–Crippen MR) is 112 cm³/mol. The SMILES string of the molecule is COc1ccc(-c2nnc(SCC(=O)Nc3nc4ccccc4s3)o2)cc1OC.